The Labute approximate surface area is 161 Å². The fourth-order valence-corrected chi connectivity index (χ4v) is 3.38. The van der Waals surface area contributed by atoms with Crippen LogP contribution in [0.3, 0.4) is 0 Å². The molecule has 0 bridgehead atoms. The van der Waals surface area contributed by atoms with E-state index in [4.69, 9.17) is 23.2 Å². The third-order valence-electron chi connectivity index (χ3n) is 3.78. The average molecular weight is 414 g/mol. The second kappa shape index (κ2) is 7.02. The molecule has 0 atom stereocenters. The van der Waals surface area contributed by atoms with Gasteiger partial charge in [-0.1, -0.05) is 43.1 Å². The van der Waals surface area contributed by atoms with Crippen molar-refractivity contribution in [2.75, 3.05) is 11.6 Å². The van der Waals surface area contributed by atoms with E-state index in [2.05, 4.69) is 20.4 Å². The molecule has 26 heavy (non-hydrogen) atoms. The summed E-state index contributed by atoms with van der Waals surface area (Å²) in [6.45, 7) is 4.29. The van der Waals surface area contributed by atoms with Gasteiger partial charge in [-0.2, -0.15) is 19.6 Å². The molecular formula is C16H17Cl2N5O2S. The number of benzene rings is 1. The van der Waals surface area contributed by atoms with Gasteiger partial charge in [0.05, 0.1) is 6.20 Å². The third kappa shape index (κ3) is 3.77. The van der Waals surface area contributed by atoms with Crippen molar-refractivity contribution < 1.29 is 8.42 Å². The fraction of sp³-hybridized carbons (Fsp3) is 0.312. The summed E-state index contributed by atoms with van der Waals surface area (Å²) >= 11 is 12.1. The van der Waals surface area contributed by atoms with E-state index < -0.39 is 9.84 Å². The largest absolute Gasteiger partial charge is 0.350 e. The van der Waals surface area contributed by atoms with Crippen LogP contribution in [0.5, 0.6) is 0 Å². The molecule has 0 fully saturated rings. The summed E-state index contributed by atoms with van der Waals surface area (Å²) in [5, 5.41) is 8.17. The van der Waals surface area contributed by atoms with E-state index in [-0.39, 0.29) is 17.0 Å². The van der Waals surface area contributed by atoms with Crippen LogP contribution in [0.25, 0.3) is 5.65 Å². The monoisotopic (exact) mass is 413 g/mol. The zero-order valence-corrected chi connectivity index (χ0v) is 16.7. The van der Waals surface area contributed by atoms with Crippen molar-refractivity contribution in [1.82, 2.24) is 19.6 Å². The van der Waals surface area contributed by atoms with Crippen LogP contribution in [0.15, 0.2) is 29.6 Å². The van der Waals surface area contributed by atoms with E-state index in [9.17, 15) is 8.42 Å². The number of rotatable bonds is 5. The molecule has 0 aliphatic rings. The number of sulfone groups is 1. The smallest absolute Gasteiger partial charge is 0.252 e. The van der Waals surface area contributed by atoms with Gasteiger partial charge in [-0.15, -0.1) is 0 Å². The molecule has 0 saturated heterocycles. The Morgan fingerprint density at radius 1 is 1.23 bits per heavy atom. The van der Waals surface area contributed by atoms with Crippen LogP contribution in [0, 0.1) is 0 Å². The van der Waals surface area contributed by atoms with Crippen molar-refractivity contribution in [3.8, 4) is 0 Å². The summed E-state index contributed by atoms with van der Waals surface area (Å²) in [6.07, 6.45) is 2.74. The molecule has 0 aliphatic carbocycles. The van der Waals surface area contributed by atoms with Gasteiger partial charge < -0.3 is 5.32 Å². The van der Waals surface area contributed by atoms with E-state index in [1.54, 1.807) is 24.4 Å². The Hall–Kier alpha value is -1.90. The zero-order valence-electron chi connectivity index (χ0n) is 14.4. The maximum absolute atomic E-state index is 12.0. The maximum Gasteiger partial charge on any atom is 0.252 e. The normalized spacial score (nSPS) is 12.1. The van der Waals surface area contributed by atoms with Crippen molar-refractivity contribution in [2.24, 2.45) is 0 Å². The van der Waals surface area contributed by atoms with E-state index in [0.717, 1.165) is 17.4 Å². The molecule has 7 nitrogen and oxygen atoms in total. The molecular weight excluding hydrogens is 397 g/mol. The molecule has 0 amide bonds. The minimum Gasteiger partial charge on any atom is -0.350 e. The lowest BCUT2D eigenvalue weighted by molar-refractivity contribution is 0.592. The van der Waals surface area contributed by atoms with Crippen LogP contribution >= 0.6 is 23.2 Å². The maximum atomic E-state index is 12.0. The van der Waals surface area contributed by atoms with Gasteiger partial charge in [0.25, 0.3) is 5.16 Å². The number of nitrogens with one attached hydrogen (secondary N) is 1. The highest BCUT2D eigenvalue weighted by atomic mass is 35.5. The molecule has 3 rings (SSSR count). The summed E-state index contributed by atoms with van der Waals surface area (Å²) in [5.41, 5.74) is 2.09. The number of fused-ring (bicyclic) bond motifs is 1. The molecule has 0 unspecified atom stereocenters. The van der Waals surface area contributed by atoms with E-state index in [1.807, 2.05) is 13.8 Å². The number of halogens is 2. The van der Waals surface area contributed by atoms with Crippen molar-refractivity contribution in [1.29, 1.82) is 0 Å². The Kier molecular flexibility index (Phi) is 5.09. The van der Waals surface area contributed by atoms with Crippen LogP contribution in [0.2, 0.25) is 10.0 Å². The molecule has 1 N–H and O–H groups in total. The molecule has 10 heteroatoms. The number of hydrogen-bond donors (Lipinski definition) is 1. The molecule has 0 saturated carbocycles. The Bertz CT molecular complexity index is 1080. The van der Waals surface area contributed by atoms with Crippen molar-refractivity contribution in [2.45, 2.75) is 31.5 Å². The van der Waals surface area contributed by atoms with Gasteiger partial charge in [0.1, 0.15) is 0 Å². The standard InChI is InChI=1S/C16H17Cl2N5O2S/c1-9(2)12-8-20-23-14(12)21-16(26(3,24)25)22-15(23)19-7-10-4-5-11(17)6-13(10)18/h4-6,8-9H,7H2,1-3H3,(H,19,21,22). The summed E-state index contributed by atoms with van der Waals surface area (Å²) in [6, 6.07) is 5.16. The summed E-state index contributed by atoms with van der Waals surface area (Å²) in [4.78, 5) is 8.32. The Morgan fingerprint density at radius 3 is 2.58 bits per heavy atom. The van der Waals surface area contributed by atoms with Crippen LogP contribution < -0.4 is 5.32 Å². The summed E-state index contributed by atoms with van der Waals surface area (Å²) in [7, 11) is -3.58. The molecule has 0 spiro atoms. The fourth-order valence-electron chi connectivity index (χ4n) is 2.40. The molecule has 2 aromatic heterocycles. The first-order valence-electron chi connectivity index (χ1n) is 7.80. The Balaban J connectivity index is 2.06. The highest BCUT2D eigenvalue weighted by Gasteiger charge is 2.20. The zero-order chi connectivity index (χ0) is 19.1. The van der Waals surface area contributed by atoms with Crippen LogP contribution in [-0.2, 0) is 16.4 Å². The second-order valence-corrected chi connectivity index (χ2v) is 8.93. The lowest BCUT2D eigenvalue weighted by Gasteiger charge is -2.11. The molecule has 0 aliphatic heterocycles. The van der Waals surface area contributed by atoms with Crippen molar-refractivity contribution in [3.05, 3.63) is 45.6 Å². The quantitative estimate of drug-likeness (QED) is 0.687. The minimum absolute atomic E-state index is 0.133. The summed E-state index contributed by atoms with van der Waals surface area (Å²) < 4.78 is 25.5. The van der Waals surface area contributed by atoms with Gasteiger partial charge in [0.2, 0.25) is 15.8 Å². The number of aromatic nitrogens is 4. The molecule has 138 valence electrons. The number of nitrogens with zero attached hydrogens (tertiary/aromatic N) is 4. The first kappa shape index (κ1) is 18.9. The van der Waals surface area contributed by atoms with Crippen molar-refractivity contribution in [3.63, 3.8) is 0 Å². The topological polar surface area (TPSA) is 89.2 Å². The molecule has 2 heterocycles. The lowest BCUT2D eigenvalue weighted by Crippen LogP contribution is -2.14. The van der Waals surface area contributed by atoms with Gasteiger partial charge in [-0.05, 0) is 23.6 Å². The lowest BCUT2D eigenvalue weighted by atomic mass is 10.1. The van der Waals surface area contributed by atoms with Crippen LogP contribution in [0.4, 0.5) is 5.95 Å². The second-order valence-electron chi connectivity index (χ2n) is 6.18. The van der Waals surface area contributed by atoms with Gasteiger partial charge in [0.15, 0.2) is 5.65 Å². The molecule has 0 radical (unpaired) electrons. The highest BCUT2D eigenvalue weighted by Crippen LogP contribution is 2.24. The van der Waals surface area contributed by atoms with Gasteiger partial charge in [0, 0.05) is 28.4 Å². The van der Waals surface area contributed by atoms with Crippen LogP contribution in [-0.4, -0.2) is 34.3 Å². The van der Waals surface area contributed by atoms with Gasteiger partial charge in [-0.3, -0.25) is 0 Å². The first-order chi connectivity index (χ1) is 12.2. The highest BCUT2D eigenvalue weighted by molar-refractivity contribution is 7.90. The minimum atomic E-state index is -3.58. The van der Waals surface area contributed by atoms with Gasteiger partial charge in [-0.25, -0.2) is 8.42 Å². The number of anilines is 1. The summed E-state index contributed by atoms with van der Waals surface area (Å²) in [5.74, 6) is 0.404. The van der Waals surface area contributed by atoms with E-state index in [0.29, 0.717) is 22.2 Å². The third-order valence-corrected chi connectivity index (χ3v) is 5.21. The number of hydrogen-bond acceptors (Lipinski definition) is 6. The van der Waals surface area contributed by atoms with Gasteiger partial charge >= 0.3 is 0 Å². The SMILES string of the molecule is CC(C)c1cnn2c(NCc3ccc(Cl)cc3Cl)nc(S(C)(=O)=O)nc12. The average Bonchev–Trinajstić information content (AvgIpc) is 2.97. The van der Waals surface area contributed by atoms with Crippen LogP contribution in [0.1, 0.15) is 30.9 Å². The van der Waals surface area contributed by atoms with E-state index >= 15 is 0 Å². The van der Waals surface area contributed by atoms with E-state index in [1.165, 1.54) is 4.52 Å². The first-order valence-corrected chi connectivity index (χ1v) is 10.4. The predicted octanol–water partition coefficient (Wildman–Crippen LogP) is 3.57. The Morgan fingerprint density at radius 2 is 1.96 bits per heavy atom. The van der Waals surface area contributed by atoms with Crippen molar-refractivity contribution >= 4 is 44.6 Å². The molecule has 1 aromatic carbocycles. The predicted molar refractivity (Wildman–Crippen MR) is 102 cm³/mol. The molecule has 3 aromatic rings.